The summed E-state index contributed by atoms with van der Waals surface area (Å²) in [6.45, 7) is 8.86. The zero-order valence-corrected chi connectivity index (χ0v) is 23.1. The Hall–Kier alpha value is -3.81. The van der Waals surface area contributed by atoms with Gasteiger partial charge in [-0.05, 0) is 26.5 Å². The largest absolute Gasteiger partial charge is 0.477 e. The van der Waals surface area contributed by atoms with Gasteiger partial charge in [0.25, 0.3) is 11.8 Å². The third-order valence-corrected chi connectivity index (χ3v) is 8.41. The van der Waals surface area contributed by atoms with E-state index in [1.807, 2.05) is 13.0 Å². The van der Waals surface area contributed by atoms with Crippen molar-refractivity contribution in [1.82, 2.24) is 24.0 Å². The van der Waals surface area contributed by atoms with Crippen molar-refractivity contribution in [3.05, 3.63) is 53.7 Å². The Morgan fingerprint density at radius 3 is 2.33 bits per heavy atom. The number of ether oxygens (including phenoxy) is 1. The normalized spacial score (nSPS) is 14.7. The molecule has 2 aromatic heterocycles. The predicted octanol–water partition coefficient (Wildman–Crippen LogP) is 2.04. The van der Waals surface area contributed by atoms with Gasteiger partial charge in [0.2, 0.25) is 15.9 Å². The lowest BCUT2D eigenvalue weighted by atomic mass is 10.1. The molecule has 3 heterocycles. The van der Waals surface area contributed by atoms with Gasteiger partial charge < -0.3 is 20.7 Å². The van der Waals surface area contributed by atoms with Crippen LogP contribution in [-0.2, 0) is 16.6 Å². The van der Waals surface area contributed by atoms with Gasteiger partial charge in [-0.25, -0.2) is 18.1 Å². The van der Waals surface area contributed by atoms with Crippen LogP contribution in [0.5, 0.6) is 5.88 Å². The number of nitrogens with one attached hydrogen (secondary N) is 1. The molecular weight excluding hydrogens is 522 g/mol. The Morgan fingerprint density at radius 2 is 1.74 bits per heavy atom. The fourth-order valence-corrected chi connectivity index (χ4v) is 5.84. The SMILES string of the molecule is CCOc1ncc(S(=O)(=O)N2CCN(CC)CC2)cc1C(=O)Nc1c(C(N)=O)c(-c2ccccc2)nn1CC. The number of anilines is 1. The summed E-state index contributed by atoms with van der Waals surface area (Å²) in [5.41, 5.74) is 6.66. The number of nitrogens with zero attached hydrogens (tertiary/aromatic N) is 5. The number of likely N-dealkylation sites (N-methyl/N-ethyl adjacent to an activating group) is 1. The van der Waals surface area contributed by atoms with Crippen LogP contribution in [0.4, 0.5) is 5.82 Å². The molecular formula is C26H33N7O5S. The van der Waals surface area contributed by atoms with Crippen molar-refractivity contribution in [2.75, 3.05) is 44.6 Å². The minimum absolute atomic E-state index is 0.0313. The molecule has 0 saturated carbocycles. The first-order valence-electron chi connectivity index (χ1n) is 12.8. The second kappa shape index (κ2) is 11.9. The van der Waals surface area contributed by atoms with Crippen LogP contribution >= 0.6 is 0 Å². The number of aryl methyl sites for hydroxylation is 1. The maximum atomic E-state index is 13.6. The molecule has 1 fully saturated rings. The Labute approximate surface area is 227 Å². The third-order valence-electron chi connectivity index (χ3n) is 6.55. The standard InChI is InChI=1S/C26H33N7O5S/c1-4-31-12-14-32(15-13-31)39(36,37)19-16-20(26(28-17-19)38-6-3)25(35)29-24-21(23(27)34)22(30-33(24)5-2)18-10-8-7-9-11-18/h7-11,16-17H,4-6,12-15H2,1-3H3,(H2,27,34)(H,29,35). The summed E-state index contributed by atoms with van der Waals surface area (Å²) in [5.74, 6) is -1.42. The van der Waals surface area contributed by atoms with E-state index in [-0.39, 0.29) is 34.3 Å². The minimum atomic E-state index is -3.90. The summed E-state index contributed by atoms with van der Waals surface area (Å²) in [4.78, 5) is 32.3. The lowest BCUT2D eigenvalue weighted by molar-refractivity contribution is 0.100. The highest BCUT2D eigenvalue weighted by molar-refractivity contribution is 7.89. The van der Waals surface area contributed by atoms with E-state index >= 15 is 0 Å². The van der Waals surface area contributed by atoms with Crippen molar-refractivity contribution in [3.8, 4) is 17.1 Å². The van der Waals surface area contributed by atoms with Crippen LogP contribution in [0.1, 0.15) is 41.5 Å². The number of primary amides is 1. The summed E-state index contributed by atoms with van der Waals surface area (Å²) in [6.07, 6.45) is 1.20. The fourth-order valence-electron chi connectivity index (χ4n) is 4.45. The maximum absolute atomic E-state index is 13.6. The highest BCUT2D eigenvalue weighted by Gasteiger charge is 2.31. The van der Waals surface area contributed by atoms with Gasteiger partial charge in [0.05, 0.1) is 12.8 Å². The molecule has 1 aromatic carbocycles. The Morgan fingerprint density at radius 1 is 1.05 bits per heavy atom. The fraction of sp³-hybridized carbons (Fsp3) is 0.385. The van der Waals surface area contributed by atoms with Crippen LogP contribution in [0, 0.1) is 0 Å². The highest BCUT2D eigenvalue weighted by Crippen LogP contribution is 2.30. The van der Waals surface area contributed by atoms with Crippen LogP contribution in [0.25, 0.3) is 11.3 Å². The number of carbonyl (C=O) groups excluding carboxylic acids is 2. The lowest BCUT2D eigenvalue weighted by Gasteiger charge is -2.33. The zero-order chi connectivity index (χ0) is 28.2. The van der Waals surface area contributed by atoms with Gasteiger partial charge in [0, 0.05) is 38.3 Å². The van der Waals surface area contributed by atoms with Gasteiger partial charge in [0.15, 0.2) is 0 Å². The van der Waals surface area contributed by atoms with E-state index in [1.54, 1.807) is 38.1 Å². The van der Waals surface area contributed by atoms with Gasteiger partial charge in [-0.3, -0.25) is 9.59 Å². The van der Waals surface area contributed by atoms with Gasteiger partial charge in [-0.2, -0.15) is 9.40 Å². The van der Waals surface area contributed by atoms with Crippen molar-refractivity contribution in [2.45, 2.75) is 32.2 Å². The molecule has 4 rings (SSSR count). The van der Waals surface area contributed by atoms with Crippen LogP contribution in [0.3, 0.4) is 0 Å². The molecule has 0 atom stereocenters. The van der Waals surface area contributed by atoms with E-state index in [0.717, 1.165) is 6.54 Å². The van der Waals surface area contributed by atoms with E-state index in [4.69, 9.17) is 10.5 Å². The van der Waals surface area contributed by atoms with Crippen molar-refractivity contribution < 1.29 is 22.7 Å². The van der Waals surface area contributed by atoms with Gasteiger partial charge in [0.1, 0.15) is 27.5 Å². The number of rotatable bonds is 10. The van der Waals surface area contributed by atoms with E-state index < -0.39 is 21.8 Å². The molecule has 0 aliphatic carbocycles. The molecule has 3 N–H and O–H groups in total. The number of benzene rings is 1. The van der Waals surface area contributed by atoms with E-state index in [1.165, 1.54) is 21.3 Å². The van der Waals surface area contributed by atoms with E-state index in [9.17, 15) is 18.0 Å². The second-order valence-corrected chi connectivity index (χ2v) is 10.8. The Balaban J connectivity index is 1.72. The summed E-state index contributed by atoms with van der Waals surface area (Å²) in [5, 5.41) is 7.22. The molecule has 12 nitrogen and oxygen atoms in total. The lowest BCUT2D eigenvalue weighted by Crippen LogP contribution is -2.48. The average molecular weight is 556 g/mol. The zero-order valence-electron chi connectivity index (χ0n) is 22.3. The van der Waals surface area contributed by atoms with Gasteiger partial charge >= 0.3 is 0 Å². The monoisotopic (exact) mass is 555 g/mol. The first kappa shape index (κ1) is 28.2. The molecule has 1 aliphatic heterocycles. The number of carbonyl (C=O) groups is 2. The summed E-state index contributed by atoms with van der Waals surface area (Å²) in [7, 11) is -3.90. The summed E-state index contributed by atoms with van der Waals surface area (Å²) >= 11 is 0. The van der Waals surface area contributed by atoms with E-state index in [0.29, 0.717) is 44.0 Å². The quantitative estimate of drug-likeness (QED) is 0.385. The molecule has 39 heavy (non-hydrogen) atoms. The number of nitrogens with two attached hydrogens (primary N) is 1. The summed E-state index contributed by atoms with van der Waals surface area (Å²) < 4.78 is 35.2. The van der Waals surface area contributed by atoms with Crippen molar-refractivity contribution in [2.24, 2.45) is 5.73 Å². The van der Waals surface area contributed by atoms with Crippen molar-refractivity contribution >= 4 is 27.7 Å². The molecule has 0 bridgehead atoms. The maximum Gasteiger partial charge on any atom is 0.262 e. The second-order valence-electron chi connectivity index (χ2n) is 8.87. The van der Waals surface area contributed by atoms with Crippen LogP contribution in [-0.4, -0.2) is 83.5 Å². The Kier molecular flexibility index (Phi) is 8.63. The number of hydrogen-bond donors (Lipinski definition) is 2. The minimum Gasteiger partial charge on any atom is -0.477 e. The van der Waals surface area contributed by atoms with E-state index in [2.05, 4.69) is 20.3 Å². The number of piperazine rings is 1. The molecule has 2 amide bonds. The molecule has 0 unspecified atom stereocenters. The first-order chi connectivity index (χ1) is 18.7. The number of aromatic nitrogens is 3. The summed E-state index contributed by atoms with van der Waals surface area (Å²) in [6, 6.07) is 10.3. The topological polar surface area (TPSA) is 153 Å². The molecule has 1 aliphatic rings. The number of pyridine rings is 1. The highest BCUT2D eigenvalue weighted by atomic mass is 32.2. The number of hydrogen-bond acceptors (Lipinski definition) is 8. The van der Waals surface area contributed by atoms with Crippen molar-refractivity contribution in [1.29, 1.82) is 0 Å². The van der Waals surface area contributed by atoms with Crippen LogP contribution in [0.2, 0.25) is 0 Å². The number of sulfonamides is 1. The Bertz CT molecular complexity index is 1450. The third kappa shape index (κ3) is 5.79. The molecule has 208 valence electrons. The molecule has 3 aromatic rings. The predicted molar refractivity (Wildman–Crippen MR) is 146 cm³/mol. The number of amides is 2. The molecule has 13 heteroatoms. The first-order valence-corrected chi connectivity index (χ1v) is 14.3. The van der Waals surface area contributed by atoms with Gasteiger partial charge in [-0.1, -0.05) is 37.3 Å². The molecule has 0 radical (unpaired) electrons. The van der Waals surface area contributed by atoms with Crippen LogP contribution < -0.4 is 15.8 Å². The average Bonchev–Trinajstić information content (AvgIpc) is 3.32. The van der Waals surface area contributed by atoms with Crippen molar-refractivity contribution in [3.63, 3.8) is 0 Å². The molecule has 1 saturated heterocycles. The van der Waals surface area contributed by atoms with Crippen LogP contribution in [0.15, 0.2) is 47.5 Å². The molecule has 0 spiro atoms. The smallest absolute Gasteiger partial charge is 0.262 e. The van der Waals surface area contributed by atoms with Gasteiger partial charge in [-0.15, -0.1) is 0 Å².